The number of methoxy groups -OCH3 is 1. The van der Waals surface area contributed by atoms with Crippen LogP contribution >= 0.6 is 0 Å². The zero-order valence-electron chi connectivity index (χ0n) is 12.9. The molecule has 1 fully saturated rings. The Labute approximate surface area is 124 Å². The van der Waals surface area contributed by atoms with Crippen molar-refractivity contribution in [2.75, 3.05) is 7.11 Å². The lowest BCUT2D eigenvalue weighted by Gasteiger charge is -2.44. The van der Waals surface area contributed by atoms with Crippen molar-refractivity contribution in [2.24, 2.45) is 11.8 Å². The number of nitrogens with two attached hydrogens (primary N) is 1. The molecule has 5 heteroatoms. The molecule has 2 rings (SSSR count). The van der Waals surface area contributed by atoms with Crippen molar-refractivity contribution >= 4 is 0 Å². The summed E-state index contributed by atoms with van der Waals surface area (Å²) < 4.78 is 34.4. The van der Waals surface area contributed by atoms with Crippen LogP contribution in [0.1, 0.15) is 49.8 Å². The minimum atomic E-state index is -0.704. The summed E-state index contributed by atoms with van der Waals surface area (Å²) in [5, 5.41) is 0. The summed E-state index contributed by atoms with van der Waals surface area (Å²) in [6.45, 7) is 3.75. The molecule has 1 aromatic carbocycles. The molecular formula is C16H24F2N2O. The van der Waals surface area contributed by atoms with Gasteiger partial charge in [0.1, 0.15) is 11.6 Å². The minimum absolute atomic E-state index is 0.0200. The first-order chi connectivity index (χ1) is 9.95. The summed E-state index contributed by atoms with van der Waals surface area (Å²) in [6, 6.07) is 2.02. The van der Waals surface area contributed by atoms with E-state index in [1.54, 1.807) is 14.0 Å². The van der Waals surface area contributed by atoms with E-state index in [0.717, 1.165) is 25.7 Å². The second kappa shape index (κ2) is 6.38. The highest BCUT2D eigenvalue weighted by molar-refractivity contribution is 5.31. The first-order valence-corrected chi connectivity index (χ1v) is 7.41. The molecule has 3 unspecified atom stereocenters. The largest absolute Gasteiger partial charge is 0.376 e. The normalized spacial score (nSPS) is 27.6. The van der Waals surface area contributed by atoms with Gasteiger partial charge in [0.05, 0.1) is 11.6 Å². The summed E-state index contributed by atoms with van der Waals surface area (Å²) >= 11 is 0. The Morgan fingerprint density at radius 2 is 2.14 bits per heavy atom. The van der Waals surface area contributed by atoms with Crippen LogP contribution < -0.4 is 11.3 Å². The van der Waals surface area contributed by atoms with E-state index in [-0.39, 0.29) is 5.56 Å². The monoisotopic (exact) mass is 298 g/mol. The molecule has 0 heterocycles. The van der Waals surface area contributed by atoms with Crippen LogP contribution in [0.5, 0.6) is 0 Å². The second-order valence-electron chi connectivity index (χ2n) is 6.16. The van der Waals surface area contributed by atoms with Gasteiger partial charge >= 0.3 is 0 Å². The van der Waals surface area contributed by atoms with Gasteiger partial charge in [0.25, 0.3) is 0 Å². The number of halogens is 2. The van der Waals surface area contributed by atoms with E-state index >= 15 is 0 Å². The molecule has 0 bridgehead atoms. The third-order valence-corrected chi connectivity index (χ3v) is 4.70. The molecular weight excluding hydrogens is 274 g/mol. The number of hydrazine groups is 1. The molecule has 1 saturated carbocycles. The maximum absolute atomic E-state index is 14.5. The fraction of sp³-hybridized carbons (Fsp3) is 0.625. The summed E-state index contributed by atoms with van der Waals surface area (Å²) in [7, 11) is 1.59. The summed E-state index contributed by atoms with van der Waals surface area (Å²) in [5.74, 6) is 4.97. The van der Waals surface area contributed by atoms with Crippen molar-refractivity contribution in [1.29, 1.82) is 0 Å². The van der Waals surface area contributed by atoms with E-state index in [1.807, 2.05) is 0 Å². The van der Waals surface area contributed by atoms with Crippen LogP contribution in [0.3, 0.4) is 0 Å². The standard InChI is InChI=1S/C16H24F2N2O/c1-10-5-4-8-16(9-10,21-3)15(20-19)13-12(17)7-6-11(2)14(13)18/h6-7,10,15,20H,4-5,8-9,19H2,1-3H3. The summed E-state index contributed by atoms with van der Waals surface area (Å²) in [6.07, 6.45) is 3.52. The smallest absolute Gasteiger partial charge is 0.133 e. The molecule has 1 aliphatic rings. The topological polar surface area (TPSA) is 47.3 Å². The van der Waals surface area contributed by atoms with Crippen molar-refractivity contribution < 1.29 is 13.5 Å². The van der Waals surface area contributed by atoms with Crippen LogP contribution in [0.4, 0.5) is 8.78 Å². The first kappa shape index (κ1) is 16.3. The molecule has 3 N–H and O–H groups in total. The van der Waals surface area contributed by atoms with Crippen molar-refractivity contribution in [3.05, 3.63) is 34.9 Å². The average molecular weight is 298 g/mol. The van der Waals surface area contributed by atoms with Crippen LogP contribution in [0.2, 0.25) is 0 Å². The van der Waals surface area contributed by atoms with Gasteiger partial charge in [-0.2, -0.15) is 0 Å². The molecule has 0 radical (unpaired) electrons. The van der Waals surface area contributed by atoms with E-state index in [0.29, 0.717) is 11.5 Å². The van der Waals surface area contributed by atoms with E-state index in [9.17, 15) is 8.78 Å². The number of aryl methyl sites for hydroxylation is 1. The first-order valence-electron chi connectivity index (χ1n) is 7.41. The summed E-state index contributed by atoms with van der Waals surface area (Å²) in [5.41, 5.74) is 2.31. The molecule has 1 aromatic rings. The second-order valence-corrected chi connectivity index (χ2v) is 6.16. The van der Waals surface area contributed by atoms with Crippen molar-refractivity contribution in [3.63, 3.8) is 0 Å². The van der Waals surface area contributed by atoms with Gasteiger partial charge in [0, 0.05) is 12.7 Å². The Hall–Kier alpha value is -1.04. The molecule has 3 atom stereocenters. The van der Waals surface area contributed by atoms with Gasteiger partial charge < -0.3 is 4.74 Å². The van der Waals surface area contributed by atoms with Gasteiger partial charge in [0.2, 0.25) is 0 Å². The number of rotatable bonds is 4. The van der Waals surface area contributed by atoms with E-state index in [4.69, 9.17) is 10.6 Å². The van der Waals surface area contributed by atoms with Crippen LogP contribution in [0.15, 0.2) is 12.1 Å². The van der Waals surface area contributed by atoms with Crippen molar-refractivity contribution in [1.82, 2.24) is 5.43 Å². The van der Waals surface area contributed by atoms with Gasteiger partial charge in [0.15, 0.2) is 0 Å². The zero-order chi connectivity index (χ0) is 15.6. The number of hydrogen-bond donors (Lipinski definition) is 2. The van der Waals surface area contributed by atoms with E-state index in [2.05, 4.69) is 12.3 Å². The van der Waals surface area contributed by atoms with Crippen LogP contribution in [0.25, 0.3) is 0 Å². The predicted molar refractivity (Wildman–Crippen MR) is 78.5 cm³/mol. The predicted octanol–water partition coefficient (Wildman–Crippen LogP) is 3.37. The fourth-order valence-corrected chi connectivity index (χ4v) is 3.55. The van der Waals surface area contributed by atoms with Crippen LogP contribution in [0, 0.1) is 24.5 Å². The Kier molecular flexibility index (Phi) is 4.96. The molecule has 0 aromatic heterocycles. The van der Waals surface area contributed by atoms with Crippen LogP contribution in [-0.4, -0.2) is 12.7 Å². The van der Waals surface area contributed by atoms with Gasteiger partial charge in [-0.1, -0.05) is 25.8 Å². The third kappa shape index (κ3) is 2.96. The number of hydrogen-bond acceptors (Lipinski definition) is 3. The van der Waals surface area contributed by atoms with Crippen molar-refractivity contribution in [3.8, 4) is 0 Å². The van der Waals surface area contributed by atoms with Gasteiger partial charge in [-0.25, -0.2) is 14.2 Å². The lowest BCUT2D eigenvalue weighted by Crippen LogP contribution is -2.51. The molecule has 0 saturated heterocycles. The van der Waals surface area contributed by atoms with Gasteiger partial charge in [-0.05, 0) is 37.3 Å². The highest BCUT2D eigenvalue weighted by Gasteiger charge is 2.44. The lowest BCUT2D eigenvalue weighted by molar-refractivity contribution is -0.0820. The Bertz CT molecular complexity index is 509. The van der Waals surface area contributed by atoms with Gasteiger partial charge in [-0.3, -0.25) is 5.84 Å². The SMILES string of the molecule is COC1(C(NN)c2c(F)ccc(C)c2F)CCCC(C)C1. The highest BCUT2D eigenvalue weighted by Crippen LogP contribution is 2.44. The highest BCUT2D eigenvalue weighted by atomic mass is 19.1. The van der Waals surface area contributed by atoms with Crippen LogP contribution in [-0.2, 0) is 4.74 Å². The number of nitrogens with one attached hydrogen (secondary N) is 1. The molecule has 3 nitrogen and oxygen atoms in total. The Balaban J connectivity index is 2.50. The molecule has 21 heavy (non-hydrogen) atoms. The van der Waals surface area contributed by atoms with Gasteiger partial charge in [-0.15, -0.1) is 0 Å². The van der Waals surface area contributed by atoms with E-state index < -0.39 is 23.3 Å². The van der Waals surface area contributed by atoms with Crippen molar-refractivity contribution in [2.45, 2.75) is 51.2 Å². The Morgan fingerprint density at radius 3 is 2.71 bits per heavy atom. The molecule has 1 aliphatic carbocycles. The lowest BCUT2D eigenvalue weighted by atomic mass is 9.72. The maximum Gasteiger partial charge on any atom is 0.133 e. The fourth-order valence-electron chi connectivity index (χ4n) is 3.55. The minimum Gasteiger partial charge on any atom is -0.376 e. The molecule has 0 aliphatic heterocycles. The third-order valence-electron chi connectivity index (χ3n) is 4.70. The maximum atomic E-state index is 14.5. The zero-order valence-corrected chi connectivity index (χ0v) is 12.9. The average Bonchev–Trinajstić information content (AvgIpc) is 2.47. The molecule has 0 spiro atoms. The quantitative estimate of drug-likeness (QED) is 0.662. The molecule has 0 amide bonds. The summed E-state index contributed by atoms with van der Waals surface area (Å²) in [4.78, 5) is 0. The molecule has 118 valence electrons. The van der Waals surface area contributed by atoms with E-state index in [1.165, 1.54) is 12.1 Å². The number of benzene rings is 1. The number of ether oxygens (including phenoxy) is 1. The Morgan fingerprint density at radius 1 is 1.43 bits per heavy atom.